The van der Waals surface area contributed by atoms with Crippen LogP contribution in [0.25, 0.3) is 0 Å². The second kappa shape index (κ2) is 5.28. The van der Waals surface area contributed by atoms with Crippen molar-refractivity contribution >= 4 is 5.97 Å². The summed E-state index contributed by atoms with van der Waals surface area (Å²) in [6.45, 7) is 5.86. The molecular formula is C11H18O4. The molecule has 1 heterocycles. The Labute approximate surface area is 89.9 Å². The Hall–Kier alpha value is -0.870. The minimum absolute atomic E-state index is 0.0438. The molecule has 1 aliphatic rings. The van der Waals surface area contributed by atoms with Crippen LogP contribution in [0.5, 0.6) is 0 Å². The maximum absolute atomic E-state index is 11.1. The van der Waals surface area contributed by atoms with E-state index >= 15 is 0 Å². The van der Waals surface area contributed by atoms with Crippen molar-refractivity contribution in [1.82, 2.24) is 0 Å². The zero-order valence-corrected chi connectivity index (χ0v) is 9.23. The highest BCUT2D eigenvalue weighted by Gasteiger charge is 2.31. The number of methoxy groups -OCH3 is 1. The van der Waals surface area contributed by atoms with E-state index in [9.17, 15) is 4.79 Å². The van der Waals surface area contributed by atoms with E-state index in [0.717, 1.165) is 5.57 Å². The largest absolute Gasteiger partial charge is 0.469 e. The van der Waals surface area contributed by atoms with Crippen LogP contribution in [-0.2, 0) is 14.3 Å². The maximum Gasteiger partial charge on any atom is 0.308 e. The molecule has 86 valence electrons. The molecule has 1 N–H and O–H groups in total. The summed E-state index contributed by atoms with van der Waals surface area (Å²) in [6, 6.07) is 0. The number of aliphatic hydroxyl groups excluding tert-OH is 1. The summed E-state index contributed by atoms with van der Waals surface area (Å²) in [5, 5.41) is 9.11. The fourth-order valence-corrected chi connectivity index (χ4v) is 1.75. The van der Waals surface area contributed by atoms with Crippen molar-refractivity contribution in [2.24, 2.45) is 5.92 Å². The van der Waals surface area contributed by atoms with Crippen molar-refractivity contribution in [2.45, 2.75) is 32.0 Å². The van der Waals surface area contributed by atoms with Gasteiger partial charge in [-0.25, -0.2) is 0 Å². The minimum atomic E-state index is -0.293. The molecule has 0 aromatic carbocycles. The fraction of sp³-hybridized carbons (Fsp3) is 0.727. The number of rotatable bonds is 3. The molecule has 1 aliphatic heterocycles. The van der Waals surface area contributed by atoms with Crippen LogP contribution in [0.3, 0.4) is 0 Å². The van der Waals surface area contributed by atoms with Crippen LogP contribution in [0, 0.1) is 5.92 Å². The van der Waals surface area contributed by atoms with Gasteiger partial charge in [0.15, 0.2) is 0 Å². The van der Waals surface area contributed by atoms with Crippen LogP contribution in [0.4, 0.5) is 0 Å². The standard InChI is InChI=1S/C11H18O4/c1-7-4-9(5-11(13)14-3)15-10(6-12)8(7)2/h8-10,12H,1,4-6H2,2-3H3/t8-,9-,10+/m0/s1. The van der Waals surface area contributed by atoms with E-state index < -0.39 is 0 Å². The molecule has 3 atom stereocenters. The van der Waals surface area contributed by atoms with Gasteiger partial charge in [-0.1, -0.05) is 19.1 Å². The average molecular weight is 214 g/mol. The van der Waals surface area contributed by atoms with E-state index in [-0.39, 0.29) is 37.1 Å². The van der Waals surface area contributed by atoms with Crippen molar-refractivity contribution in [1.29, 1.82) is 0 Å². The Morgan fingerprint density at radius 3 is 2.93 bits per heavy atom. The lowest BCUT2D eigenvalue weighted by molar-refractivity contribution is -0.148. The predicted octanol–water partition coefficient (Wildman–Crippen LogP) is 0.892. The van der Waals surface area contributed by atoms with E-state index in [2.05, 4.69) is 11.3 Å². The second-order valence-corrected chi connectivity index (χ2v) is 3.91. The van der Waals surface area contributed by atoms with Crippen molar-refractivity contribution in [3.8, 4) is 0 Å². The Bertz CT molecular complexity index is 247. The lowest BCUT2D eigenvalue weighted by Gasteiger charge is -2.35. The van der Waals surface area contributed by atoms with E-state index in [1.807, 2.05) is 6.92 Å². The summed E-state index contributed by atoms with van der Waals surface area (Å²) < 4.78 is 10.2. The minimum Gasteiger partial charge on any atom is -0.469 e. The Kier molecular flexibility index (Phi) is 4.29. The highest BCUT2D eigenvalue weighted by Crippen LogP contribution is 2.29. The molecule has 1 saturated heterocycles. The molecule has 0 amide bonds. The van der Waals surface area contributed by atoms with Gasteiger partial charge in [0.2, 0.25) is 0 Å². The van der Waals surface area contributed by atoms with Gasteiger partial charge in [-0.15, -0.1) is 0 Å². The van der Waals surface area contributed by atoms with Crippen molar-refractivity contribution < 1.29 is 19.4 Å². The summed E-state index contributed by atoms with van der Waals surface area (Å²) in [5.41, 5.74) is 1.02. The molecule has 1 fully saturated rings. The third-order valence-electron chi connectivity index (χ3n) is 2.86. The van der Waals surface area contributed by atoms with Crippen LogP contribution in [-0.4, -0.2) is 37.0 Å². The van der Waals surface area contributed by atoms with Gasteiger partial charge in [-0.3, -0.25) is 4.79 Å². The normalized spacial score (nSPS) is 31.4. The number of carbonyl (C=O) groups excluding carboxylic acids is 1. The van der Waals surface area contributed by atoms with Gasteiger partial charge in [0, 0.05) is 5.92 Å². The van der Waals surface area contributed by atoms with E-state index in [1.54, 1.807) is 0 Å². The quantitative estimate of drug-likeness (QED) is 0.560. The van der Waals surface area contributed by atoms with Gasteiger partial charge in [0.05, 0.1) is 32.3 Å². The zero-order valence-electron chi connectivity index (χ0n) is 9.23. The van der Waals surface area contributed by atoms with E-state index in [0.29, 0.717) is 6.42 Å². The SMILES string of the molecule is C=C1C[C@@H](CC(=O)OC)O[C@H](CO)[C@H]1C. The van der Waals surface area contributed by atoms with Gasteiger partial charge in [-0.2, -0.15) is 0 Å². The lowest BCUT2D eigenvalue weighted by Crippen LogP contribution is -2.38. The summed E-state index contributed by atoms with van der Waals surface area (Å²) in [5.74, 6) is -0.150. The molecule has 4 heteroatoms. The van der Waals surface area contributed by atoms with Crippen LogP contribution in [0.1, 0.15) is 19.8 Å². The molecule has 15 heavy (non-hydrogen) atoms. The number of esters is 1. The zero-order chi connectivity index (χ0) is 11.4. The van der Waals surface area contributed by atoms with Gasteiger partial charge in [-0.05, 0) is 6.42 Å². The number of carbonyl (C=O) groups is 1. The molecule has 0 aromatic rings. The molecule has 0 unspecified atom stereocenters. The summed E-state index contributed by atoms with van der Waals surface area (Å²) in [7, 11) is 1.35. The smallest absolute Gasteiger partial charge is 0.308 e. The van der Waals surface area contributed by atoms with Gasteiger partial charge < -0.3 is 14.6 Å². The Balaban J connectivity index is 2.55. The molecule has 0 bridgehead atoms. The molecule has 0 aromatic heterocycles. The molecule has 4 nitrogen and oxygen atoms in total. The van der Waals surface area contributed by atoms with Crippen LogP contribution >= 0.6 is 0 Å². The predicted molar refractivity (Wildman–Crippen MR) is 55.3 cm³/mol. The maximum atomic E-state index is 11.1. The van der Waals surface area contributed by atoms with E-state index in [4.69, 9.17) is 9.84 Å². The monoisotopic (exact) mass is 214 g/mol. The lowest BCUT2D eigenvalue weighted by atomic mass is 9.88. The molecular weight excluding hydrogens is 196 g/mol. The highest BCUT2D eigenvalue weighted by molar-refractivity contribution is 5.69. The number of hydrogen-bond donors (Lipinski definition) is 1. The number of hydrogen-bond acceptors (Lipinski definition) is 4. The summed E-state index contributed by atoms with van der Waals surface area (Å²) in [4.78, 5) is 11.1. The van der Waals surface area contributed by atoms with Crippen molar-refractivity contribution in [2.75, 3.05) is 13.7 Å². The number of ether oxygens (including phenoxy) is 2. The Morgan fingerprint density at radius 1 is 1.73 bits per heavy atom. The van der Waals surface area contributed by atoms with Crippen LogP contribution in [0.2, 0.25) is 0 Å². The second-order valence-electron chi connectivity index (χ2n) is 3.91. The fourth-order valence-electron chi connectivity index (χ4n) is 1.75. The summed E-state index contributed by atoms with van der Waals surface area (Å²) in [6.07, 6.45) is 0.421. The summed E-state index contributed by atoms with van der Waals surface area (Å²) >= 11 is 0. The molecule has 0 aliphatic carbocycles. The first-order valence-electron chi connectivity index (χ1n) is 5.09. The number of aliphatic hydroxyl groups is 1. The van der Waals surface area contributed by atoms with Crippen molar-refractivity contribution in [3.05, 3.63) is 12.2 Å². The molecule has 1 rings (SSSR count). The molecule has 0 saturated carbocycles. The van der Waals surface area contributed by atoms with Gasteiger partial charge in [0.1, 0.15) is 0 Å². The highest BCUT2D eigenvalue weighted by atomic mass is 16.5. The van der Waals surface area contributed by atoms with Crippen LogP contribution < -0.4 is 0 Å². The third kappa shape index (κ3) is 3.04. The Morgan fingerprint density at radius 2 is 2.40 bits per heavy atom. The first-order valence-corrected chi connectivity index (χ1v) is 5.09. The topological polar surface area (TPSA) is 55.8 Å². The first-order chi connectivity index (χ1) is 7.08. The van der Waals surface area contributed by atoms with E-state index in [1.165, 1.54) is 7.11 Å². The molecule has 0 spiro atoms. The first kappa shape index (κ1) is 12.2. The van der Waals surface area contributed by atoms with Gasteiger partial charge >= 0.3 is 5.97 Å². The van der Waals surface area contributed by atoms with Gasteiger partial charge in [0.25, 0.3) is 0 Å². The average Bonchev–Trinajstić information content (AvgIpc) is 2.22. The third-order valence-corrected chi connectivity index (χ3v) is 2.86. The van der Waals surface area contributed by atoms with Crippen LogP contribution in [0.15, 0.2) is 12.2 Å². The molecule has 0 radical (unpaired) electrons. The van der Waals surface area contributed by atoms with Crippen molar-refractivity contribution in [3.63, 3.8) is 0 Å².